The quantitative estimate of drug-likeness (QED) is 0.301. The highest BCUT2D eigenvalue weighted by molar-refractivity contribution is 5.78. The third kappa shape index (κ3) is 18.4. The maximum absolute atomic E-state index is 9.63. The van der Waals surface area contributed by atoms with Gasteiger partial charge >= 0.3 is 5.97 Å². The molecule has 0 aromatic heterocycles. The molecule has 1 N–H and O–H groups in total. The highest BCUT2D eigenvalue weighted by Crippen LogP contribution is 2.07. The van der Waals surface area contributed by atoms with Crippen molar-refractivity contribution >= 4 is 5.97 Å². The van der Waals surface area contributed by atoms with Crippen LogP contribution in [0.5, 0.6) is 0 Å². The van der Waals surface area contributed by atoms with Gasteiger partial charge in [0.05, 0.1) is 0 Å². The smallest absolute Gasteiger partial charge is 0.327 e. The van der Waals surface area contributed by atoms with Crippen LogP contribution in [-0.2, 0) is 9.63 Å². The first-order valence-corrected chi connectivity index (χ1v) is 5.42. The molecular weight excluding hydrogens is 210 g/mol. The normalized spacial score (nSPS) is 10.6. The van der Waals surface area contributed by atoms with Crippen LogP contribution in [-0.4, -0.2) is 17.2 Å². The molecule has 0 saturated carbocycles. The molecule has 0 saturated heterocycles. The lowest BCUT2D eigenvalue weighted by Crippen LogP contribution is -2.02. The van der Waals surface area contributed by atoms with Gasteiger partial charge in [-0.05, 0) is 19.8 Å². The maximum atomic E-state index is 9.63. The molecule has 0 fully saturated rings. The molecule has 1 unspecified atom stereocenters. The number of unbranched alkanes of at least 4 members (excludes halogenated alkanes) is 3. The standard InChI is InChI=1S/C8H17NO2.C3H4O2/c1-3-4-5-6-7-8(2)11-9-10;1-2-3(4)5/h8H,3-7H2,1-2H3;2H,1H2,(H,4,5). The zero-order valence-electron chi connectivity index (χ0n) is 10.0. The topological polar surface area (TPSA) is 76.0 Å². The number of carboxylic acid groups (broad SMARTS) is 1. The van der Waals surface area contributed by atoms with Crippen LogP contribution in [0.25, 0.3) is 0 Å². The molecule has 0 spiro atoms. The van der Waals surface area contributed by atoms with E-state index < -0.39 is 5.97 Å². The van der Waals surface area contributed by atoms with Crippen LogP contribution in [0.4, 0.5) is 0 Å². The number of carbonyl (C=O) groups is 1. The molecule has 0 aliphatic carbocycles. The van der Waals surface area contributed by atoms with Crippen LogP contribution < -0.4 is 0 Å². The maximum Gasteiger partial charge on any atom is 0.327 e. The summed E-state index contributed by atoms with van der Waals surface area (Å²) in [4.78, 5) is 23.4. The molecule has 16 heavy (non-hydrogen) atoms. The average molecular weight is 231 g/mol. The van der Waals surface area contributed by atoms with Crippen molar-refractivity contribution in [3.05, 3.63) is 17.6 Å². The molecule has 5 heteroatoms. The lowest BCUT2D eigenvalue weighted by atomic mass is 10.1. The highest BCUT2D eigenvalue weighted by Gasteiger charge is 2.00. The molecule has 5 nitrogen and oxygen atoms in total. The van der Waals surface area contributed by atoms with Gasteiger partial charge in [-0.25, -0.2) is 4.79 Å². The second kappa shape index (κ2) is 13.6. The molecule has 0 aliphatic heterocycles. The molecule has 0 radical (unpaired) electrons. The van der Waals surface area contributed by atoms with Gasteiger partial charge in [-0.1, -0.05) is 32.8 Å². The lowest BCUT2D eigenvalue weighted by molar-refractivity contribution is -0.131. The van der Waals surface area contributed by atoms with E-state index in [0.29, 0.717) is 0 Å². The Morgan fingerprint density at radius 2 is 2.06 bits per heavy atom. The van der Waals surface area contributed by atoms with Crippen LogP contribution in [0.1, 0.15) is 46.0 Å². The van der Waals surface area contributed by atoms with Crippen LogP contribution in [0.3, 0.4) is 0 Å². The van der Waals surface area contributed by atoms with E-state index in [4.69, 9.17) is 5.11 Å². The van der Waals surface area contributed by atoms with Crippen LogP contribution in [0.15, 0.2) is 18.0 Å². The second-order valence-electron chi connectivity index (χ2n) is 3.38. The van der Waals surface area contributed by atoms with E-state index in [1.54, 1.807) is 0 Å². The summed E-state index contributed by atoms with van der Waals surface area (Å²) in [6.45, 7) is 7.00. The Bertz CT molecular complexity index is 194. The molecule has 0 bridgehead atoms. The summed E-state index contributed by atoms with van der Waals surface area (Å²) >= 11 is 0. The van der Waals surface area contributed by atoms with Crippen molar-refractivity contribution in [3.8, 4) is 0 Å². The summed E-state index contributed by atoms with van der Waals surface area (Å²) in [6.07, 6.45) is 6.62. The first-order chi connectivity index (χ1) is 7.58. The zero-order valence-corrected chi connectivity index (χ0v) is 10.0. The summed E-state index contributed by atoms with van der Waals surface area (Å²) in [7, 11) is 0. The first kappa shape index (κ1) is 17.0. The van der Waals surface area contributed by atoms with Crippen LogP contribution in [0, 0.1) is 4.91 Å². The van der Waals surface area contributed by atoms with Gasteiger partial charge in [0.1, 0.15) is 6.10 Å². The minimum Gasteiger partial charge on any atom is -0.478 e. The summed E-state index contributed by atoms with van der Waals surface area (Å²) in [5.74, 6) is -0.981. The predicted molar refractivity (Wildman–Crippen MR) is 62.9 cm³/mol. The number of hydrogen-bond donors (Lipinski definition) is 1. The molecule has 94 valence electrons. The third-order valence-electron chi connectivity index (χ3n) is 1.86. The number of rotatable bonds is 8. The van der Waals surface area contributed by atoms with E-state index in [0.717, 1.165) is 18.9 Å². The minimum atomic E-state index is -0.981. The lowest BCUT2D eigenvalue weighted by Gasteiger charge is -2.05. The van der Waals surface area contributed by atoms with Gasteiger partial charge in [0, 0.05) is 6.08 Å². The molecule has 0 heterocycles. The van der Waals surface area contributed by atoms with E-state index in [-0.39, 0.29) is 6.10 Å². The largest absolute Gasteiger partial charge is 0.478 e. The minimum absolute atomic E-state index is 0.00986. The van der Waals surface area contributed by atoms with Crippen molar-refractivity contribution in [2.75, 3.05) is 0 Å². The number of nitrogens with zero attached hydrogens (tertiary/aromatic N) is 1. The molecular formula is C11H21NO4. The van der Waals surface area contributed by atoms with Crippen molar-refractivity contribution in [2.45, 2.75) is 52.1 Å². The van der Waals surface area contributed by atoms with Crippen molar-refractivity contribution in [1.29, 1.82) is 0 Å². The Morgan fingerprint density at radius 3 is 2.44 bits per heavy atom. The third-order valence-corrected chi connectivity index (χ3v) is 1.86. The van der Waals surface area contributed by atoms with E-state index in [1.165, 1.54) is 19.3 Å². The van der Waals surface area contributed by atoms with Crippen molar-refractivity contribution in [2.24, 2.45) is 5.34 Å². The SMILES string of the molecule is C=CC(=O)O.CCCCCCC(C)ON=O. The predicted octanol–water partition coefficient (Wildman–Crippen LogP) is 3.30. The molecule has 0 aliphatic rings. The van der Waals surface area contributed by atoms with Crippen molar-refractivity contribution in [3.63, 3.8) is 0 Å². The Hall–Kier alpha value is -1.39. The molecule has 0 rings (SSSR count). The molecule has 0 aromatic carbocycles. The zero-order chi connectivity index (χ0) is 12.8. The van der Waals surface area contributed by atoms with E-state index in [9.17, 15) is 9.70 Å². The van der Waals surface area contributed by atoms with Gasteiger partial charge < -0.3 is 9.94 Å². The van der Waals surface area contributed by atoms with Gasteiger partial charge in [0.25, 0.3) is 0 Å². The summed E-state index contributed by atoms with van der Waals surface area (Å²) in [5.41, 5.74) is 0. The van der Waals surface area contributed by atoms with E-state index in [2.05, 4.69) is 23.7 Å². The van der Waals surface area contributed by atoms with Gasteiger partial charge in [-0.15, -0.1) is 4.91 Å². The Morgan fingerprint density at radius 1 is 1.50 bits per heavy atom. The first-order valence-electron chi connectivity index (χ1n) is 5.42. The summed E-state index contributed by atoms with van der Waals surface area (Å²) in [5, 5.41) is 9.99. The van der Waals surface area contributed by atoms with E-state index in [1.807, 2.05) is 6.92 Å². The Kier molecular flexibility index (Phi) is 14.5. The van der Waals surface area contributed by atoms with Gasteiger partial charge in [0.2, 0.25) is 0 Å². The Balaban J connectivity index is 0. The fraction of sp³-hybridized carbons (Fsp3) is 0.727. The second-order valence-corrected chi connectivity index (χ2v) is 3.38. The number of aliphatic carboxylic acids is 1. The monoisotopic (exact) mass is 231 g/mol. The Labute approximate surface area is 96.4 Å². The average Bonchev–Trinajstić information content (AvgIpc) is 2.26. The van der Waals surface area contributed by atoms with Gasteiger partial charge in [0.15, 0.2) is 5.34 Å². The van der Waals surface area contributed by atoms with Crippen molar-refractivity contribution < 1.29 is 14.7 Å². The number of hydrogen-bond acceptors (Lipinski definition) is 4. The van der Waals surface area contributed by atoms with Gasteiger partial charge in [-0.3, -0.25) is 0 Å². The fourth-order valence-electron chi connectivity index (χ4n) is 0.985. The van der Waals surface area contributed by atoms with E-state index >= 15 is 0 Å². The number of carboxylic acids is 1. The molecule has 0 amide bonds. The highest BCUT2D eigenvalue weighted by atomic mass is 16.7. The summed E-state index contributed by atoms with van der Waals surface area (Å²) < 4.78 is 0. The van der Waals surface area contributed by atoms with Crippen LogP contribution >= 0.6 is 0 Å². The van der Waals surface area contributed by atoms with Gasteiger partial charge in [-0.2, -0.15) is 0 Å². The molecule has 0 aromatic rings. The molecule has 1 atom stereocenters. The van der Waals surface area contributed by atoms with Crippen molar-refractivity contribution in [1.82, 2.24) is 0 Å². The fourth-order valence-corrected chi connectivity index (χ4v) is 0.985. The van der Waals surface area contributed by atoms with Crippen LogP contribution in [0.2, 0.25) is 0 Å². The summed E-state index contributed by atoms with van der Waals surface area (Å²) in [6, 6.07) is 0.